The van der Waals surface area contributed by atoms with E-state index in [-0.39, 0.29) is 42.1 Å². The Hall–Kier alpha value is -3.31. The molecule has 2 aromatic rings. The molecule has 51 heavy (non-hydrogen) atoms. The van der Waals surface area contributed by atoms with Gasteiger partial charge in [0.05, 0.1) is 23.5 Å². The largest absolute Gasteiger partial charge is 0.460 e. The van der Waals surface area contributed by atoms with Crippen LogP contribution in [0.4, 0.5) is 4.79 Å². The molecule has 0 radical (unpaired) electrons. The van der Waals surface area contributed by atoms with Gasteiger partial charge in [-0.2, -0.15) is 0 Å². The first-order valence-corrected chi connectivity index (χ1v) is 19.7. The number of nitrogens with one attached hydrogen (secondary N) is 1. The highest BCUT2D eigenvalue weighted by Gasteiger charge is 2.64. The smallest absolute Gasteiger partial charge is 0.412 e. The van der Waals surface area contributed by atoms with Gasteiger partial charge in [-0.05, 0) is 79.7 Å². The number of allylic oxidation sites excluding steroid dienone is 1. The van der Waals surface area contributed by atoms with Gasteiger partial charge < -0.3 is 34.6 Å². The summed E-state index contributed by atoms with van der Waals surface area (Å²) in [6.07, 6.45) is 14.2. The summed E-state index contributed by atoms with van der Waals surface area (Å²) in [5.74, 6) is 0.308. The van der Waals surface area contributed by atoms with Gasteiger partial charge in [-0.1, -0.05) is 73.3 Å². The van der Waals surface area contributed by atoms with Gasteiger partial charge in [-0.15, -0.1) is 18.3 Å². The Bertz CT molecular complexity index is 1530. The first-order chi connectivity index (χ1) is 25.0. The zero-order valence-electron chi connectivity index (χ0n) is 29.8. The quantitative estimate of drug-likeness (QED) is 0.0858. The van der Waals surface area contributed by atoms with Crippen LogP contribution in [0.3, 0.4) is 0 Å². The third-order valence-electron chi connectivity index (χ3n) is 11.0. The third kappa shape index (κ3) is 8.51. The number of carbonyl (C=O) groups is 1. The zero-order valence-corrected chi connectivity index (χ0v) is 30.7. The SMILES string of the molecule is C=CCOC12Oc3ccc(OC(=O)NCc4ccccc4)cc3C3C(CCCCO)C(CCCCO)C=C(C(=NOC)CC1SC1CCCC1)C32. The lowest BCUT2D eigenvalue weighted by Crippen LogP contribution is -2.64. The van der Waals surface area contributed by atoms with Crippen molar-refractivity contribution in [3.05, 3.63) is 84.0 Å². The van der Waals surface area contributed by atoms with Gasteiger partial charge in [0, 0.05) is 42.9 Å². The van der Waals surface area contributed by atoms with Gasteiger partial charge in [-0.3, -0.25) is 0 Å². The normalized spacial score (nSPS) is 27.5. The number of nitrogens with zero attached hydrogens (tertiary/aromatic N) is 1. The van der Waals surface area contributed by atoms with Crippen LogP contribution in [0.15, 0.2) is 78.0 Å². The molecule has 4 aliphatic rings. The van der Waals surface area contributed by atoms with Crippen LogP contribution in [-0.4, -0.2) is 65.2 Å². The van der Waals surface area contributed by atoms with Crippen LogP contribution in [-0.2, 0) is 16.1 Å². The molecule has 3 N–H and O–H groups in total. The lowest BCUT2D eigenvalue weighted by atomic mass is 9.56. The molecule has 2 fully saturated rings. The molecule has 1 amide bonds. The Kier molecular flexibility index (Phi) is 13.2. The topological polar surface area (TPSA) is 119 Å². The van der Waals surface area contributed by atoms with Crippen molar-refractivity contribution in [3.8, 4) is 11.5 Å². The highest BCUT2D eigenvalue weighted by molar-refractivity contribution is 8.00. The van der Waals surface area contributed by atoms with Crippen molar-refractivity contribution in [1.29, 1.82) is 0 Å². The molecule has 0 saturated heterocycles. The number of carbonyl (C=O) groups excluding carboxylic acids is 1. The number of hydrogen-bond donors (Lipinski definition) is 3. The van der Waals surface area contributed by atoms with E-state index in [1.54, 1.807) is 19.3 Å². The number of benzene rings is 2. The number of oxime groups is 1. The predicted molar refractivity (Wildman–Crippen MR) is 201 cm³/mol. The predicted octanol–water partition coefficient (Wildman–Crippen LogP) is 7.91. The van der Waals surface area contributed by atoms with Crippen LogP contribution in [0.1, 0.15) is 87.7 Å². The minimum Gasteiger partial charge on any atom is -0.460 e. The summed E-state index contributed by atoms with van der Waals surface area (Å²) in [5.41, 5.74) is 4.00. The maximum Gasteiger partial charge on any atom is 0.412 e. The van der Waals surface area contributed by atoms with Crippen LogP contribution < -0.4 is 14.8 Å². The maximum atomic E-state index is 13.0. The summed E-state index contributed by atoms with van der Waals surface area (Å²) in [7, 11) is 1.61. The molecular weight excluding hydrogens is 665 g/mol. The first kappa shape index (κ1) is 37.4. The number of rotatable bonds is 17. The number of ether oxygens (including phenoxy) is 3. The second-order valence-electron chi connectivity index (χ2n) is 14.2. The molecule has 1 heterocycles. The molecule has 9 nitrogen and oxygen atoms in total. The number of aliphatic hydroxyl groups is 2. The van der Waals surface area contributed by atoms with E-state index in [0.29, 0.717) is 30.6 Å². The van der Waals surface area contributed by atoms with Gasteiger partial charge in [-0.25, -0.2) is 4.79 Å². The van der Waals surface area contributed by atoms with Crippen LogP contribution in [0.5, 0.6) is 11.5 Å². The van der Waals surface area contributed by atoms with Crippen LogP contribution in [0.2, 0.25) is 0 Å². The summed E-state index contributed by atoms with van der Waals surface area (Å²) in [5, 5.41) is 27.5. The van der Waals surface area contributed by atoms with Gasteiger partial charge >= 0.3 is 6.09 Å². The number of thioether (sulfide) groups is 1. The molecule has 2 aromatic carbocycles. The van der Waals surface area contributed by atoms with E-state index < -0.39 is 11.9 Å². The molecule has 276 valence electrons. The Morgan fingerprint density at radius 1 is 1.08 bits per heavy atom. The van der Waals surface area contributed by atoms with Gasteiger partial charge in [0.2, 0.25) is 5.79 Å². The minimum atomic E-state index is -0.988. The van der Waals surface area contributed by atoms with Gasteiger partial charge in [0.1, 0.15) is 18.6 Å². The van der Waals surface area contributed by atoms with E-state index in [1.807, 2.05) is 54.2 Å². The van der Waals surface area contributed by atoms with Gasteiger partial charge in [0.15, 0.2) is 0 Å². The van der Waals surface area contributed by atoms with Crippen molar-refractivity contribution in [2.24, 2.45) is 22.9 Å². The summed E-state index contributed by atoms with van der Waals surface area (Å²) in [4.78, 5) is 18.6. The van der Waals surface area contributed by atoms with Crippen molar-refractivity contribution in [2.45, 2.75) is 99.4 Å². The summed E-state index contributed by atoms with van der Waals surface area (Å²) >= 11 is 1.98. The van der Waals surface area contributed by atoms with E-state index in [2.05, 4.69) is 23.1 Å². The second-order valence-corrected chi connectivity index (χ2v) is 15.7. The fourth-order valence-corrected chi connectivity index (χ4v) is 10.6. The zero-order chi connectivity index (χ0) is 35.6. The fourth-order valence-electron chi connectivity index (χ4n) is 8.79. The molecule has 0 bridgehead atoms. The number of amides is 1. The third-order valence-corrected chi connectivity index (χ3v) is 12.7. The molecule has 6 rings (SSSR count). The van der Waals surface area contributed by atoms with Crippen molar-refractivity contribution in [2.75, 3.05) is 26.9 Å². The molecule has 0 spiro atoms. The second kappa shape index (κ2) is 17.9. The summed E-state index contributed by atoms with van der Waals surface area (Å²) < 4.78 is 20.1. The fraction of sp³-hybridized carbons (Fsp3) is 0.561. The Morgan fingerprint density at radius 2 is 1.84 bits per heavy atom. The van der Waals surface area contributed by atoms with Crippen LogP contribution >= 0.6 is 11.8 Å². The molecule has 10 heteroatoms. The van der Waals surface area contributed by atoms with Gasteiger partial charge in [0.25, 0.3) is 0 Å². The van der Waals surface area contributed by atoms with E-state index in [1.165, 1.54) is 25.7 Å². The van der Waals surface area contributed by atoms with Crippen LogP contribution in [0.25, 0.3) is 0 Å². The monoisotopic (exact) mass is 718 g/mol. The van der Waals surface area contributed by atoms with Crippen molar-refractivity contribution >= 4 is 23.6 Å². The van der Waals surface area contributed by atoms with E-state index in [4.69, 9.17) is 19.0 Å². The average molecular weight is 719 g/mol. The molecule has 1 aliphatic heterocycles. The van der Waals surface area contributed by atoms with Crippen molar-refractivity contribution < 1.29 is 34.1 Å². The van der Waals surface area contributed by atoms with E-state index >= 15 is 0 Å². The number of aliphatic hydroxyl groups excluding tert-OH is 2. The molecule has 0 aromatic heterocycles. The van der Waals surface area contributed by atoms with Crippen molar-refractivity contribution in [3.63, 3.8) is 0 Å². The lowest BCUT2D eigenvalue weighted by Gasteiger charge is -2.58. The van der Waals surface area contributed by atoms with E-state index in [0.717, 1.165) is 66.7 Å². The molecule has 6 unspecified atom stereocenters. The maximum absolute atomic E-state index is 13.0. The summed E-state index contributed by atoms with van der Waals surface area (Å²) in [6.45, 7) is 5.01. The van der Waals surface area contributed by atoms with E-state index in [9.17, 15) is 15.0 Å². The Labute approximate surface area is 306 Å². The standard InChI is InChI=1S/C41H54N2O7S/c1-3-23-48-41-37(51-31-16-7-8-17-31)26-35(43-47-2)33-24-29(15-9-11-21-44)32(18-10-12-22-45)38(39(33)41)34-25-30(19-20-36(34)50-41)49-40(46)42-27-28-13-5-4-6-14-28/h3-6,13-14,19-20,24-25,29,31-32,37-39,44-45H,1,7-12,15-18,21-23,26-27H2,2H3,(H,42,46). The molecule has 6 atom stereocenters. The molecule has 3 aliphatic carbocycles. The summed E-state index contributed by atoms with van der Waals surface area (Å²) in [6, 6.07) is 15.5. The number of fused-ring (bicyclic) bond motifs is 2. The first-order valence-electron chi connectivity index (χ1n) is 18.8. The minimum absolute atomic E-state index is 0.0454. The number of hydrogen-bond acceptors (Lipinski definition) is 9. The van der Waals surface area contributed by atoms with Crippen molar-refractivity contribution in [1.82, 2.24) is 5.32 Å². The van der Waals surface area contributed by atoms with Crippen LogP contribution in [0, 0.1) is 17.8 Å². The average Bonchev–Trinajstić information content (AvgIpc) is 3.66. The molecule has 2 saturated carbocycles. The number of unbranched alkanes of at least 4 members (excludes halogenated alkanes) is 2. The Balaban J connectivity index is 1.44. The highest BCUT2D eigenvalue weighted by atomic mass is 32.2. The molecular formula is C41H54N2O7S. The highest BCUT2D eigenvalue weighted by Crippen LogP contribution is 2.63. The lowest BCUT2D eigenvalue weighted by molar-refractivity contribution is -0.223. The Morgan fingerprint density at radius 3 is 2.57 bits per heavy atom.